The fraction of sp³-hybridized carbons (Fsp3) is 0.158. The maximum Gasteiger partial charge on any atom is 0.303 e. The van der Waals surface area contributed by atoms with Crippen molar-refractivity contribution >= 4 is 35.1 Å². The molecule has 152 valence electrons. The number of nitrogens with two attached hydrogens (primary N) is 1. The molecule has 2 rings (SSSR count). The molecule has 0 unspecified atom stereocenters. The van der Waals surface area contributed by atoms with Crippen LogP contribution in [0.3, 0.4) is 0 Å². The first-order valence-electron chi connectivity index (χ1n) is 8.58. The summed E-state index contributed by atoms with van der Waals surface area (Å²) in [6.45, 7) is -0.345. The quantitative estimate of drug-likeness (QED) is 0.197. The van der Waals surface area contributed by atoms with E-state index in [0.29, 0.717) is 11.3 Å². The predicted octanol–water partition coefficient (Wildman–Crippen LogP) is 1.08. The number of amides is 2. The molecule has 0 fully saturated rings. The van der Waals surface area contributed by atoms with Crippen LogP contribution in [0.1, 0.15) is 22.3 Å². The fourth-order valence-corrected chi connectivity index (χ4v) is 2.49. The molecular formula is C19H21N5O5. The second-order valence-electron chi connectivity index (χ2n) is 6.06. The van der Waals surface area contributed by atoms with Crippen molar-refractivity contribution in [3.63, 3.8) is 0 Å². The van der Waals surface area contributed by atoms with Gasteiger partial charge >= 0.3 is 5.97 Å². The number of carboxylic acids is 1. The van der Waals surface area contributed by atoms with Crippen molar-refractivity contribution < 1.29 is 24.6 Å². The molecule has 0 aromatic heterocycles. The van der Waals surface area contributed by atoms with Crippen molar-refractivity contribution in [3.05, 3.63) is 53.6 Å². The summed E-state index contributed by atoms with van der Waals surface area (Å²) in [5.74, 6) is -2.55. The minimum atomic E-state index is -0.996. The Balaban J connectivity index is 1.95. The van der Waals surface area contributed by atoms with Gasteiger partial charge in [0, 0.05) is 17.7 Å². The number of phenolic OH excluding ortho intramolecular Hbond substituents is 1. The van der Waals surface area contributed by atoms with Crippen molar-refractivity contribution in [2.24, 2.45) is 5.73 Å². The number of aryl methyl sites for hydroxylation is 1. The highest BCUT2D eigenvalue weighted by molar-refractivity contribution is 6.01. The van der Waals surface area contributed by atoms with Crippen molar-refractivity contribution in [1.29, 1.82) is 5.41 Å². The third kappa shape index (κ3) is 6.54. The second kappa shape index (κ2) is 9.74. The number of benzene rings is 2. The molecule has 0 radical (unpaired) electrons. The Bertz CT molecular complexity index is 944. The van der Waals surface area contributed by atoms with Gasteiger partial charge in [0.2, 0.25) is 5.91 Å². The molecule has 10 nitrogen and oxygen atoms in total. The minimum Gasteiger partial charge on any atom is -0.505 e. The first-order chi connectivity index (χ1) is 13.8. The number of rotatable bonds is 8. The summed E-state index contributed by atoms with van der Waals surface area (Å²) in [7, 11) is 0. The summed E-state index contributed by atoms with van der Waals surface area (Å²) in [6.07, 6.45) is -0.0369. The number of para-hydroxylation sites is 1. The molecule has 0 atom stereocenters. The van der Waals surface area contributed by atoms with Gasteiger partial charge in [-0.05, 0) is 36.2 Å². The smallest absolute Gasteiger partial charge is 0.303 e. The van der Waals surface area contributed by atoms with Gasteiger partial charge in [0.25, 0.3) is 5.91 Å². The maximum atomic E-state index is 12.2. The zero-order valence-electron chi connectivity index (χ0n) is 15.4. The van der Waals surface area contributed by atoms with E-state index in [9.17, 15) is 19.5 Å². The Morgan fingerprint density at radius 1 is 1.07 bits per heavy atom. The number of carboxylic acid groups (broad SMARTS) is 1. The molecule has 10 heteroatoms. The predicted molar refractivity (Wildman–Crippen MR) is 107 cm³/mol. The minimum absolute atomic E-state index is 0.117. The van der Waals surface area contributed by atoms with E-state index in [4.69, 9.17) is 16.2 Å². The molecule has 0 heterocycles. The van der Waals surface area contributed by atoms with Gasteiger partial charge in [0.1, 0.15) is 5.75 Å². The summed E-state index contributed by atoms with van der Waals surface area (Å²) in [5.41, 5.74) is 6.49. The topological polar surface area (TPSA) is 178 Å². The molecule has 0 saturated heterocycles. The zero-order chi connectivity index (χ0) is 21.4. The van der Waals surface area contributed by atoms with E-state index in [1.165, 1.54) is 18.2 Å². The lowest BCUT2D eigenvalue weighted by Crippen LogP contribution is -2.33. The molecule has 0 aliphatic heterocycles. The van der Waals surface area contributed by atoms with Crippen LogP contribution < -0.4 is 21.7 Å². The summed E-state index contributed by atoms with van der Waals surface area (Å²) in [5, 5.41) is 33.6. The fourth-order valence-electron chi connectivity index (χ4n) is 2.49. The number of aliphatic carboxylic acids is 1. The Morgan fingerprint density at radius 2 is 1.79 bits per heavy atom. The van der Waals surface area contributed by atoms with Gasteiger partial charge < -0.3 is 31.9 Å². The van der Waals surface area contributed by atoms with E-state index in [1.807, 2.05) is 0 Å². The van der Waals surface area contributed by atoms with Crippen molar-refractivity contribution in [2.75, 3.05) is 17.2 Å². The van der Waals surface area contributed by atoms with E-state index in [1.54, 1.807) is 24.3 Å². The van der Waals surface area contributed by atoms with Crippen LogP contribution in [0.15, 0.2) is 42.5 Å². The number of nitrogens with one attached hydrogen (secondary N) is 4. The molecule has 2 aromatic carbocycles. The molecular weight excluding hydrogens is 378 g/mol. The first kappa shape index (κ1) is 21.2. The highest BCUT2D eigenvalue weighted by Gasteiger charge is 2.13. The maximum absolute atomic E-state index is 12.2. The summed E-state index contributed by atoms with van der Waals surface area (Å²) in [4.78, 5) is 35.0. The SMILES string of the molecule is N=C(N)Nc1cccc(C(=O)NCC(=O)Nc2cccc(CCC(=O)O)c2O)c1. The van der Waals surface area contributed by atoms with Gasteiger partial charge in [-0.15, -0.1) is 0 Å². The number of carbonyl (C=O) groups is 3. The van der Waals surface area contributed by atoms with E-state index in [2.05, 4.69) is 16.0 Å². The molecule has 0 aliphatic carbocycles. The molecule has 2 amide bonds. The normalized spacial score (nSPS) is 10.1. The van der Waals surface area contributed by atoms with Gasteiger partial charge in [-0.1, -0.05) is 18.2 Å². The monoisotopic (exact) mass is 399 g/mol. The highest BCUT2D eigenvalue weighted by Crippen LogP contribution is 2.28. The van der Waals surface area contributed by atoms with Gasteiger partial charge in [0.05, 0.1) is 12.2 Å². The average Bonchev–Trinajstić information content (AvgIpc) is 2.66. The number of hydrogen-bond donors (Lipinski definition) is 7. The van der Waals surface area contributed by atoms with Gasteiger partial charge in [-0.25, -0.2) is 0 Å². The van der Waals surface area contributed by atoms with E-state index in [0.717, 1.165) is 0 Å². The standard InChI is InChI=1S/C19H21N5O5/c20-19(21)23-13-5-1-4-12(9-13)18(29)22-10-15(25)24-14-6-2-3-11(17(14)28)7-8-16(26)27/h1-6,9,28H,7-8,10H2,(H,22,29)(H,24,25)(H,26,27)(H4,20,21,23). The van der Waals surface area contributed by atoms with Crippen LogP contribution in [0, 0.1) is 5.41 Å². The van der Waals surface area contributed by atoms with E-state index < -0.39 is 17.8 Å². The Kier molecular flexibility index (Phi) is 7.13. The third-order valence-electron chi connectivity index (χ3n) is 3.82. The van der Waals surface area contributed by atoms with Crippen molar-refractivity contribution in [1.82, 2.24) is 5.32 Å². The van der Waals surface area contributed by atoms with Crippen LogP contribution in [0.4, 0.5) is 11.4 Å². The van der Waals surface area contributed by atoms with Crippen LogP contribution in [0.5, 0.6) is 5.75 Å². The molecule has 0 aliphatic rings. The number of hydrogen-bond acceptors (Lipinski definition) is 5. The van der Waals surface area contributed by atoms with Gasteiger partial charge in [-0.3, -0.25) is 19.8 Å². The zero-order valence-corrected chi connectivity index (χ0v) is 15.4. The van der Waals surface area contributed by atoms with Crippen LogP contribution in [-0.4, -0.2) is 40.5 Å². The molecule has 0 bridgehead atoms. The summed E-state index contributed by atoms with van der Waals surface area (Å²) >= 11 is 0. The van der Waals surface area contributed by atoms with Crippen LogP contribution in [-0.2, 0) is 16.0 Å². The van der Waals surface area contributed by atoms with Crippen molar-refractivity contribution in [3.8, 4) is 5.75 Å². The van der Waals surface area contributed by atoms with Crippen molar-refractivity contribution in [2.45, 2.75) is 12.8 Å². The second-order valence-corrected chi connectivity index (χ2v) is 6.06. The molecule has 0 spiro atoms. The largest absolute Gasteiger partial charge is 0.505 e. The van der Waals surface area contributed by atoms with E-state index in [-0.39, 0.29) is 42.3 Å². The van der Waals surface area contributed by atoms with Gasteiger partial charge in [-0.2, -0.15) is 0 Å². The lowest BCUT2D eigenvalue weighted by Gasteiger charge is -2.11. The molecule has 2 aromatic rings. The summed E-state index contributed by atoms with van der Waals surface area (Å²) < 4.78 is 0. The first-order valence-corrected chi connectivity index (χ1v) is 8.58. The van der Waals surface area contributed by atoms with Crippen LogP contribution in [0.25, 0.3) is 0 Å². The number of aromatic hydroxyl groups is 1. The number of guanidine groups is 1. The van der Waals surface area contributed by atoms with Crippen LogP contribution >= 0.6 is 0 Å². The Morgan fingerprint density at radius 3 is 2.48 bits per heavy atom. The number of phenols is 1. The van der Waals surface area contributed by atoms with Crippen LogP contribution in [0.2, 0.25) is 0 Å². The Hall–Kier alpha value is -4.08. The van der Waals surface area contributed by atoms with Gasteiger partial charge in [0.15, 0.2) is 5.96 Å². The molecule has 8 N–H and O–H groups in total. The summed E-state index contributed by atoms with van der Waals surface area (Å²) in [6, 6.07) is 10.9. The third-order valence-corrected chi connectivity index (χ3v) is 3.82. The molecule has 29 heavy (non-hydrogen) atoms. The Labute approximate surface area is 166 Å². The number of anilines is 2. The molecule has 0 saturated carbocycles. The number of carbonyl (C=O) groups excluding carboxylic acids is 2. The lowest BCUT2D eigenvalue weighted by atomic mass is 10.1. The van der Waals surface area contributed by atoms with E-state index >= 15 is 0 Å². The lowest BCUT2D eigenvalue weighted by molar-refractivity contribution is -0.137. The highest BCUT2D eigenvalue weighted by atomic mass is 16.4. The average molecular weight is 399 g/mol.